The van der Waals surface area contributed by atoms with Gasteiger partial charge < -0.3 is 18.3 Å². The zero-order chi connectivity index (χ0) is 70.5. The molecule has 17 aromatic carbocycles. The molecular weight excluding hydrogens is 1310 g/mol. The van der Waals surface area contributed by atoms with Gasteiger partial charge in [0.2, 0.25) is 0 Å². The van der Waals surface area contributed by atoms with Gasteiger partial charge >= 0.3 is 0 Å². The quantitative estimate of drug-likeness (QED) is 0.130. The molecule has 0 fully saturated rings. The number of aromatic nitrogens is 4. The molecule has 0 spiro atoms. The fourth-order valence-corrected chi connectivity index (χ4v) is 18.0. The van der Waals surface area contributed by atoms with E-state index in [9.17, 15) is 0 Å². The molecule has 5 heterocycles. The Balaban J connectivity index is 0.000000138. The van der Waals surface area contributed by atoms with Crippen molar-refractivity contribution in [2.75, 3.05) is 0 Å². The Morgan fingerprint density at radius 2 is 0.383 bits per heavy atom. The zero-order valence-corrected chi connectivity index (χ0v) is 59.1. The van der Waals surface area contributed by atoms with Crippen molar-refractivity contribution in [3.63, 3.8) is 0 Å². The molecular formula is C102H66N4S. The molecule has 0 saturated heterocycles. The number of rotatable bonds is 10. The van der Waals surface area contributed by atoms with Crippen LogP contribution in [0, 0.1) is 0 Å². The predicted molar refractivity (Wildman–Crippen MR) is 456 cm³/mol. The van der Waals surface area contributed by atoms with Crippen LogP contribution in [0.1, 0.15) is 0 Å². The van der Waals surface area contributed by atoms with E-state index in [0.717, 1.165) is 5.69 Å². The average Bonchev–Trinajstić information content (AvgIpc) is 1.60. The van der Waals surface area contributed by atoms with E-state index >= 15 is 0 Å². The third kappa shape index (κ3) is 10.5. The Morgan fingerprint density at radius 3 is 0.720 bits per heavy atom. The van der Waals surface area contributed by atoms with Gasteiger partial charge in [0.1, 0.15) is 0 Å². The van der Waals surface area contributed by atoms with Crippen LogP contribution < -0.4 is 0 Å². The molecule has 0 radical (unpaired) electrons. The third-order valence-corrected chi connectivity index (χ3v) is 23.1. The number of benzene rings is 17. The first-order valence-corrected chi connectivity index (χ1v) is 37.5. The number of para-hydroxylation sites is 7. The summed E-state index contributed by atoms with van der Waals surface area (Å²) in [6, 6.07) is 146. The maximum absolute atomic E-state index is 2.41. The average molecular weight is 1380 g/mol. The highest BCUT2D eigenvalue weighted by Crippen LogP contribution is 2.45. The summed E-state index contributed by atoms with van der Waals surface area (Å²) in [6.45, 7) is 0. The van der Waals surface area contributed by atoms with Crippen LogP contribution in [0.3, 0.4) is 0 Å². The first-order chi connectivity index (χ1) is 53.1. The van der Waals surface area contributed by atoms with E-state index in [4.69, 9.17) is 0 Å². The van der Waals surface area contributed by atoms with Crippen LogP contribution in [-0.2, 0) is 0 Å². The fraction of sp³-hybridized carbons (Fsp3) is 0. The van der Waals surface area contributed by atoms with E-state index in [1.165, 1.54) is 191 Å². The number of thiophene rings is 1. The molecule has 0 atom stereocenters. The second-order valence-electron chi connectivity index (χ2n) is 27.9. The maximum atomic E-state index is 2.41. The van der Waals surface area contributed by atoms with Gasteiger partial charge in [0.25, 0.3) is 0 Å². The first-order valence-electron chi connectivity index (χ1n) is 36.7. The van der Waals surface area contributed by atoms with Crippen molar-refractivity contribution in [1.82, 2.24) is 18.3 Å². The van der Waals surface area contributed by atoms with Crippen molar-refractivity contribution in [1.29, 1.82) is 0 Å². The van der Waals surface area contributed by atoms with Crippen molar-refractivity contribution >= 4 is 119 Å². The van der Waals surface area contributed by atoms with Gasteiger partial charge in [0, 0.05) is 86.0 Å². The molecule has 4 nitrogen and oxygen atoms in total. The molecule has 0 unspecified atom stereocenters. The molecule has 5 aromatic heterocycles. The lowest BCUT2D eigenvalue weighted by molar-refractivity contribution is 1.18. The lowest BCUT2D eigenvalue weighted by Crippen LogP contribution is -1.93. The van der Waals surface area contributed by atoms with E-state index in [1.54, 1.807) is 0 Å². The molecule has 0 aliphatic heterocycles. The largest absolute Gasteiger partial charge is 0.309 e. The Kier molecular flexibility index (Phi) is 14.8. The van der Waals surface area contributed by atoms with Crippen molar-refractivity contribution in [3.05, 3.63) is 400 Å². The number of hydrogen-bond donors (Lipinski definition) is 0. The van der Waals surface area contributed by atoms with Crippen molar-refractivity contribution in [3.8, 4) is 89.5 Å². The minimum atomic E-state index is 1.16. The standard InChI is InChI=1S/C54H34N2S.C48H32N2/c1-3-12-40(13-4-1)55-49-20-9-7-16-43(49)46-32-37(26-29-50(46)55)35-22-24-36(25-23-35)38-27-30-51-47(33-38)48-34-39(28-31-52(48)56(51)41-14-5-2-6-15-41)42-18-11-19-45-44-17-8-10-21-53(44)57-54(42)45;1-3-11-39(12-4-1)49-45-17-9-7-15-41(45)43-31-37(27-29-47(43)49)35-23-19-33(20-24-35)34-21-25-36(26-22-34)38-28-30-48-44(32-38)42-16-8-10-18-46(42)50(48)40-13-5-2-6-14-40/h1-34H;1-32H. The highest BCUT2D eigenvalue weighted by Gasteiger charge is 2.21. The van der Waals surface area contributed by atoms with Crippen LogP contribution in [0.4, 0.5) is 0 Å². The SMILES string of the molecule is c1ccc(-n2c3ccccc3c3cc(-c4ccc(-c5ccc(-c6ccc7c(c6)c6ccccc6n7-c6ccccc6)cc5)cc4)ccc32)cc1.c1ccc(-n2c3ccccc3c3cc(-c4ccc(-c5ccc6c(c5)c5cc(-c7cccc8c7sc7ccccc78)ccc5n6-c5ccccc5)cc4)ccc32)cc1. The van der Waals surface area contributed by atoms with Gasteiger partial charge in [-0.15, -0.1) is 11.3 Å². The van der Waals surface area contributed by atoms with E-state index in [-0.39, 0.29) is 0 Å². The monoisotopic (exact) mass is 1380 g/mol. The summed E-state index contributed by atoms with van der Waals surface area (Å²) in [7, 11) is 0. The van der Waals surface area contributed by atoms with Gasteiger partial charge in [-0.25, -0.2) is 0 Å². The maximum Gasteiger partial charge on any atom is 0.0541 e. The molecule has 5 heteroatoms. The van der Waals surface area contributed by atoms with Crippen molar-refractivity contribution < 1.29 is 0 Å². The van der Waals surface area contributed by atoms with Crippen LogP contribution in [0.5, 0.6) is 0 Å². The number of fused-ring (bicyclic) bond motifs is 15. The Morgan fingerprint density at radius 1 is 0.150 bits per heavy atom. The highest BCUT2D eigenvalue weighted by molar-refractivity contribution is 7.26. The molecule has 500 valence electrons. The number of hydrogen-bond acceptors (Lipinski definition) is 1. The lowest BCUT2D eigenvalue weighted by Gasteiger charge is -2.09. The molecule has 107 heavy (non-hydrogen) atoms. The number of nitrogens with zero attached hydrogens (tertiary/aromatic N) is 4. The summed E-state index contributed by atoms with van der Waals surface area (Å²) < 4.78 is 12.2. The summed E-state index contributed by atoms with van der Waals surface area (Å²) in [5.41, 5.74) is 29.1. The van der Waals surface area contributed by atoms with Gasteiger partial charge in [-0.2, -0.15) is 0 Å². The normalized spacial score (nSPS) is 11.7. The molecule has 22 aromatic rings. The Bertz CT molecular complexity index is 6980. The zero-order valence-electron chi connectivity index (χ0n) is 58.3. The van der Waals surface area contributed by atoms with Gasteiger partial charge in [-0.3, -0.25) is 0 Å². The van der Waals surface area contributed by atoms with E-state index in [1.807, 2.05) is 11.3 Å². The summed E-state index contributed by atoms with van der Waals surface area (Å²) in [4.78, 5) is 0. The van der Waals surface area contributed by atoms with Crippen molar-refractivity contribution in [2.45, 2.75) is 0 Å². The third-order valence-electron chi connectivity index (χ3n) is 21.9. The van der Waals surface area contributed by atoms with E-state index < -0.39 is 0 Å². The second kappa shape index (κ2) is 25.5. The van der Waals surface area contributed by atoms with Crippen LogP contribution in [0.2, 0.25) is 0 Å². The fourth-order valence-electron chi connectivity index (χ4n) is 16.8. The minimum absolute atomic E-state index is 1.16. The minimum Gasteiger partial charge on any atom is -0.309 e. The van der Waals surface area contributed by atoms with Crippen molar-refractivity contribution in [2.24, 2.45) is 0 Å². The van der Waals surface area contributed by atoms with E-state index in [0.29, 0.717) is 0 Å². The summed E-state index contributed by atoms with van der Waals surface area (Å²) in [5.74, 6) is 0. The van der Waals surface area contributed by atoms with Crippen LogP contribution in [-0.4, -0.2) is 18.3 Å². The van der Waals surface area contributed by atoms with Crippen LogP contribution in [0.25, 0.3) is 197 Å². The molecule has 0 bridgehead atoms. The first kappa shape index (κ1) is 61.8. The molecule has 22 rings (SSSR count). The predicted octanol–water partition coefficient (Wildman–Crippen LogP) is 28.1. The summed E-state index contributed by atoms with van der Waals surface area (Å²) in [5, 5.41) is 12.8. The highest BCUT2D eigenvalue weighted by atomic mass is 32.1. The second-order valence-corrected chi connectivity index (χ2v) is 29.0. The van der Waals surface area contributed by atoms with Gasteiger partial charge in [0.15, 0.2) is 0 Å². The summed E-state index contributed by atoms with van der Waals surface area (Å²) in [6.07, 6.45) is 0. The van der Waals surface area contributed by atoms with Crippen LogP contribution >= 0.6 is 11.3 Å². The molecule has 0 aliphatic carbocycles. The lowest BCUT2D eigenvalue weighted by atomic mass is 9.97. The topological polar surface area (TPSA) is 19.7 Å². The van der Waals surface area contributed by atoms with Crippen LogP contribution in [0.15, 0.2) is 400 Å². The molecule has 0 saturated carbocycles. The molecule has 0 aliphatic rings. The van der Waals surface area contributed by atoms with E-state index in [2.05, 4.69) is 419 Å². The smallest absolute Gasteiger partial charge is 0.0541 e. The van der Waals surface area contributed by atoms with Gasteiger partial charge in [0.05, 0.1) is 44.1 Å². The summed E-state index contributed by atoms with van der Waals surface area (Å²) >= 11 is 1.89. The van der Waals surface area contributed by atoms with Gasteiger partial charge in [-0.1, -0.05) is 267 Å². The molecule has 0 amide bonds. The molecule has 0 N–H and O–H groups in total. The Hall–Kier alpha value is -13.8. The van der Waals surface area contributed by atoms with Gasteiger partial charge in [-0.05, 0) is 200 Å². The Labute approximate surface area is 622 Å².